The molecule has 0 bridgehead atoms. The minimum absolute atomic E-state index is 0.0885. The van der Waals surface area contributed by atoms with Crippen LogP contribution in [0.4, 0.5) is 0 Å². The summed E-state index contributed by atoms with van der Waals surface area (Å²) >= 11 is 0. The molecule has 0 aromatic carbocycles. The Hall–Kier alpha value is -1.36. The molecule has 1 aliphatic rings. The first kappa shape index (κ1) is 14.1. The summed E-state index contributed by atoms with van der Waals surface area (Å²) in [4.78, 5) is 16.2. The van der Waals surface area contributed by atoms with Gasteiger partial charge >= 0.3 is 0 Å². The quantitative estimate of drug-likeness (QED) is 0.784. The van der Waals surface area contributed by atoms with E-state index in [1.54, 1.807) is 6.33 Å². The second-order valence-electron chi connectivity index (χ2n) is 5.78. The van der Waals surface area contributed by atoms with Crippen molar-refractivity contribution in [2.24, 2.45) is 5.92 Å². The molecule has 1 unspecified atom stereocenters. The first-order valence-electron chi connectivity index (χ1n) is 7.09. The van der Waals surface area contributed by atoms with Gasteiger partial charge in [-0.25, -0.2) is 4.98 Å². The Morgan fingerprint density at radius 2 is 2.21 bits per heavy atom. The topological polar surface area (TPSA) is 59.0 Å². The number of hydrogen-bond donors (Lipinski definition) is 2. The molecular formula is C14H24N4O. The van der Waals surface area contributed by atoms with E-state index in [2.05, 4.69) is 29.5 Å². The molecule has 0 aliphatic heterocycles. The molecule has 1 aromatic heterocycles. The van der Waals surface area contributed by atoms with Crippen LogP contribution in [-0.4, -0.2) is 28.0 Å². The third-order valence-electron chi connectivity index (χ3n) is 3.33. The molecule has 1 aromatic rings. The fourth-order valence-corrected chi connectivity index (χ4v) is 1.98. The van der Waals surface area contributed by atoms with Crippen LogP contribution in [0.15, 0.2) is 12.5 Å². The standard InChI is InChI=1S/C14H24N4O/c1-10(2)6-15-7-13-8-16-9-18(13)11(3)14(19)17-12-4-5-12/h8-12,15H,4-7H2,1-3H3,(H,17,19). The highest BCUT2D eigenvalue weighted by molar-refractivity contribution is 5.80. The van der Waals surface area contributed by atoms with E-state index in [0.717, 1.165) is 31.6 Å². The fourth-order valence-electron chi connectivity index (χ4n) is 1.98. The number of hydrogen-bond acceptors (Lipinski definition) is 3. The van der Waals surface area contributed by atoms with Gasteiger partial charge in [0.05, 0.1) is 12.0 Å². The lowest BCUT2D eigenvalue weighted by Gasteiger charge is -2.17. The van der Waals surface area contributed by atoms with Crippen molar-refractivity contribution in [3.63, 3.8) is 0 Å². The zero-order valence-corrected chi connectivity index (χ0v) is 12.0. The van der Waals surface area contributed by atoms with Crippen LogP contribution >= 0.6 is 0 Å². The monoisotopic (exact) mass is 264 g/mol. The number of nitrogens with zero attached hydrogens (tertiary/aromatic N) is 2. The molecule has 2 N–H and O–H groups in total. The SMILES string of the molecule is CC(C)CNCc1cncn1C(C)C(=O)NC1CC1. The Morgan fingerprint density at radius 3 is 2.84 bits per heavy atom. The fraction of sp³-hybridized carbons (Fsp3) is 0.714. The predicted molar refractivity (Wildman–Crippen MR) is 74.6 cm³/mol. The number of carbonyl (C=O) groups excluding carboxylic acids is 1. The Labute approximate surface area is 114 Å². The van der Waals surface area contributed by atoms with Crippen LogP contribution in [-0.2, 0) is 11.3 Å². The van der Waals surface area contributed by atoms with Crippen LogP contribution in [0.3, 0.4) is 0 Å². The Morgan fingerprint density at radius 1 is 1.47 bits per heavy atom. The summed E-state index contributed by atoms with van der Waals surface area (Å²) in [6.07, 6.45) is 5.80. The largest absolute Gasteiger partial charge is 0.352 e. The summed E-state index contributed by atoms with van der Waals surface area (Å²) in [5.41, 5.74) is 1.05. The van der Waals surface area contributed by atoms with E-state index >= 15 is 0 Å². The van der Waals surface area contributed by atoms with Crippen molar-refractivity contribution >= 4 is 5.91 Å². The van der Waals surface area contributed by atoms with Crippen molar-refractivity contribution in [2.45, 2.75) is 52.2 Å². The van der Waals surface area contributed by atoms with Gasteiger partial charge in [-0.05, 0) is 32.2 Å². The van der Waals surface area contributed by atoms with Crippen LogP contribution in [0.5, 0.6) is 0 Å². The number of amides is 1. The zero-order valence-electron chi connectivity index (χ0n) is 12.0. The minimum Gasteiger partial charge on any atom is -0.352 e. The summed E-state index contributed by atoms with van der Waals surface area (Å²) in [5.74, 6) is 0.706. The van der Waals surface area contributed by atoms with Gasteiger partial charge in [0, 0.05) is 18.8 Å². The van der Waals surface area contributed by atoms with E-state index in [1.807, 2.05) is 17.7 Å². The molecule has 0 saturated heterocycles. The second-order valence-corrected chi connectivity index (χ2v) is 5.78. The molecule has 1 saturated carbocycles. The van der Waals surface area contributed by atoms with Gasteiger partial charge in [0.2, 0.25) is 5.91 Å². The van der Waals surface area contributed by atoms with Gasteiger partial charge < -0.3 is 15.2 Å². The van der Waals surface area contributed by atoms with Crippen LogP contribution in [0, 0.1) is 5.92 Å². The molecule has 1 aliphatic carbocycles. The highest BCUT2D eigenvalue weighted by Gasteiger charge is 2.26. The summed E-state index contributed by atoms with van der Waals surface area (Å²) in [7, 11) is 0. The minimum atomic E-state index is -0.195. The number of rotatable bonds is 7. The third-order valence-corrected chi connectivity index (χ3v) is 3.33. The smallest absolute Gasteiger partial charge is 0.243 e. The van der Waals surface area contributed by atoms with E-state index in [0.29, 0.717) is 12.0 Å². The van der Waals surface area contributed by atoms with Gasteiger partial charge in [0.1, 0.15) is 6.04 Å². The van der Waals surface area contributed by atoms with Crippen LogP contribution in [0.2, 0.25) is 0 Å². The predicted octanol–water partition coefficient (Wildman–Crippen LogP) is 1.47. The van der Waals surface area contributed by atoms with Gasteiger partial charge in [-0.1, -0.05) is 13.8 Å². The molecule has 1 heterocycles. The maximum absolute atomic E-state index is 12.0. The van der Waals surface area contributed by atoms with Crippen LogP contribution in [0.1, 0.15) is 45.3 Å². The second kappa shape index (κ2) is 6.19. The van der Waals surface area contributed by atoms with Crippen LogP contribution in [0.25, 0.3) is 0 Å². The number of carbonyl (C=O) groups is 1. The lowest BCUT2D eigenvalue weighted by Crippen LogP contribution is -2.33. The first-order chi connectivity index (χ1) is 9.08. The van der Waals surface area contributed by atoms with Gasteiger partial charge in [-0.15, -0.1) is 0 Å². The van der Waals surface area contributed by atoms with E-state index in [9.17, 15) is 4.79 Å². The molecule has 1 amide bonds. The Balaban J connectivity index is 1.91. The van der Waals surface area contributed by atoms with E-state index in [-0.39, 0.29) is 11.9 Å². The summed E-state index contributed by atoms with van der Waals surface area (Å²) in [6.45, 7) is 7.99. The Kier molecular flexibility index (Phi) is 4.58. The molecule has 5 heteroatoms. The molecule has 2 rings (SSSR count). The highest BCUT2D eigenvalue weighted by Crippen LogP contribution is 2.20. The van der Waals surface area contributed by atoms with Gasteiger partial charge in [-0.3, -0.25) is 4.79 Å². The molecule has 1 fully saturated rings. The molecule has 1 atom stereocenters. The Bertz CT molecular complexity index is 423. The van der Waals surface area contributed by atoms with Gasteiger partial charge in [-0.2, -0.15) is 0 Å². The van der Waals surface area contributed by atoms with E-state index < -0.39 is 0 Å². The number of nitrogens with one attached hydrogen (secondary N) is 2. The van der Waals surface area contributed by atoms with E-state index in [4.69, 9.17) is 0 Å². The van der Waals surface area contributed by atoms with Crippen molar-refractivity contribution < 1.29 is 4.79 Å². The number of imidazole rings is 1. The van der Waals surface area contributed by atoms with Gasteiger partial charge in [0.25, 0.3) is 0 Å². The molecular weight excluding hydrogens is 240 g/mol. The summed E-state index contributed by atoms with van der Waals surface area (Å²) < 4.78 is 1.95. The van der Waals surface area contributed by atoms with Crippen molar-refractivity contribution in [3.8, 4) is 0 Å². The third kappa shape index (κ3) is 4.06. The summed E-state index contributed by atoms with van der Waals surface area (Å²) in [5, 5.41) is 6.42. The maximum atomic E-state index is 12.0. The lowest BCUT2D eigenvalue weighted by atomic mass is 10.2. The zero-order chi connectivity index (χ0) is 13.8. The van der Waals surface area contributed by atoms with Crippen LogP contribution < -0.4 is 10.6 Å². The number of aromatic nitrogens is 2. The van der Waals surface area contributed by atoms with Gasteiger partial charge in [0.15, 0.2) is 0 Å². The van der Waals surface area contributed by atoms with E-state index in [1.165, 1.54) is 0 Å². The average Bonchev–Trinajstić information content (AvgIpc) is 3.04. The summed E-state index contributed by atoms with van der Waals surface area (Å²) in [6, 6.07) is 0.208. The lowest BCUT2D eigenvalue weighted by molar-refractivity contribution is -0.124. The first-order valence-corrected chi connectivity index (χ1v) is 7.09. The molecule has 0 spiro atoms. The van der Waals surface area contributed by atoms with Crippen molar-refractivity contribution in [3.05, 3.63) is 18.2 Å². The molecule has 106 valence electrons. The van der Waals surface area contributed by atoms with Crippen molar-refractivity contribution in [1.29, 1.82) is 0 Å². The molecule has 0 radical (unpaired) electrons. The van der Waals surface area contributed by atoms with Crippen molar-refractivity contribution in [1.82, 2.24) is 20.2 Å². The molecule has 19 heavy (non-hydrogen) atoms. The average molecular weight is 264 g/mol. The maximum Gasteiger partial charge on any atom is 0.243 e. The normalized spacial score (nSPS) is 16.6. The highest BCUT2D eigenvalue weighted by atomic mass is 16.2. The van der Waals surface area contributed by atoms with Crippen molar-refractivity contribution in [2.75, 3.05) is 6.54 Å². The molecule has 5 nitrogen and oxygen atoms in total.